The van der Waals surface area contributed by atoms with Gasteiger partial charge in [0.2, 0.25) is 0 Å². The third kappa shape index (κ3) is 24.3. The fraction of sp³-hybridized carbons (Fsp3) is 1.00. The monoisotopic (exact) mass is 426 g/mol. The van der Waals surface area contributed by atoms with E-state index in [0.717, 1.165) is 6.42 Å². The van der Waals surface area contributed by atoms with Gasteiger partial charge < -0.3 is 5.11 Å². The summed E-state index contributed by atoms with van der Waals surface area (Å²) in [6, 6.07) is 3.08. The molecule has 0 radical (unpaired) electrons. The zero-order valence-corrected chi connectivity index (χ0v) is 21.9. The Labute approximate surface area is 186 Å². The van der Waals surface area contributed by atoms with Gasteiger partial charge >= 0.3 is 0 Å². The quantitative estimate of drug-likeness (QED) is 0.120. The molecule has 0 aliphatic heterocycles. The van der Waals surface area contributed by atoms with Crippen LogP contribution in [0.4, 0.5) is 0 Å². The molecule has 1 nitrogen and oxygen atoms in total. The molecule has 176 valence electrons. The van der Waals surface area contributed by atoms with Crippen molar-refractivity contribution in [2.45, 2.75) is 167 Å². The summed E-state index contributed by atoms with van der Waals surface area (Å²) in [5.74, 6) is 0. The van der Waals surface area contributed by atoms with Crippen LogP contribution in [0.5, 0.6) is 0 Å². The van der Waals surface area contributed by atoms with E-state index in [1.165, 1.54) is 134 Å². The molecule has 0 atom stereocenters. The summed E-state index contributed by atoms with van der Waals surface area (Å²) in [5.41, 5.74) is 0. The predicted molar refractivity (Wildman–Crippen MR) is 137 cm³/mol. The van der Waals surface area contributed by atoms with E-state index in [1.807, 2.05) is 0 Å². The molecular weight excluding hydrogens is 368 g/mol. The molecule has 0 aliphatic carbocycles. The molecule has 0 saturated heterocycles. The van der Waals surface area contributed by atoms with Gasteiger partial charge in [0.25, 0.3) is 0 Å². The molecule has 0 aromatic carbocycles. The number of aliphatic hydroxyl groups excluding tert-OH is 1. The van der Waals surface area contributed by atoms with Crippen molar-refractivity contribution in [1.29, 1.82) is 0 Å². The van der Waals surface area contributed by atoms with Crippen molar-refractivity contribution in [1.82, 2.24) is 0 Å². The molecule has 0 rings (SSSR count). The van der Waals surface area contributed by atoms with Gasteiger partial charge in [0.1, 0.15) is 0 Å². The van der Waals surface area contributed by atoms with Crippen molar-refractivity contribution in [3.63, 3.8) is 0 Å². The van der Waals surface area contributed by atoms with Crippen molar-refractivity contribution in [2.75, 3.05) is 6.61 Å². The third-order valence-corrected chi connectivity index (χ3v) is 10.1. The van der Waals surface area contributed by atoms with Crippen molar-refractivity contribution >= 4 is 8.07 Å². The average Bonchev–Trinajstić information content (AvgIpc) is 2.70. The minimum atomic E-state index is -0.924. The number of hydrogen-bond donors (Lipinski definition) is 1. The van der Waals surface area contributed by atoms with Crippen LogP contribution in [0, 0.1) is 0 Å². The topological polar surface area (TPSA) is 20.2 Å². The Morgan fingerprint density at radius 2 is 0.690 bits per heavy atom. The van der Waals surface area contributed by atoms with Crippen LogP contribution in [0.2, 0.25) is 25.2 Å². The van der Waals surface area contributed by atoms with E-state index in [1.54, 1.807) is 6.04 Å². The summed E-state index contributed by atoms with van der Waals surface area (Å²) >= 11 is 0. The number of hydrogen-bond acceptors (Lipinski definition) is 1. The first kappa shape index (κ1) is 29.2. The second-order valence-corrected chi connectivity index (χ2v) is 15.8. The van der Waals surface area contributed by atoms with Gasteiger partial charge in [-0.3, -0.25) is 0 Å². The molecule has 0 fully saturated rings. The van der Waals surface area contributed by atoms with Crippen LogP contribution < -0.4 is 0 Å². The summed E-state index contributed by atoms with van der Waals surface area (Å²) in [4.78, 5) is 0. The molecule has 0 saturated carbocycles. The fourth-order valence-electron chi connectivity index (χ4n) is 4.52. The van der Waals surface area contributed by atoms with Gasteiger partial charge in [-0.15, -0.1) is 0 Å². The molecular formula is C27H58OSi. The Balaban J connectivity index is 3.26. The number of unbranched alkanes of at least 4 members (excludes halogenated alkanes) is 19. The molecule has 2 heteroatoms. The standard InChI is InChI=1S/C27H58OSi/c1-4-5-6-7-8-9-10-11-12-13-14-15-17-20-23-26-29(2,3)27-24-21-18-16-19-22-25-28/h28H,4-27H2,1-3H3. The van der Waals surface area contributed by atoms with Gasteiger partial charge in [-0.1, -0.05) is 161 Å². The predicted octanol–water partition coefficient (Wildman–Crippen LogP) is 9.90. The van der Waals surface area contributed by atoms with Crippen LogP contribution in [0.15, 0.2) is 0 Å². The summed E-state index contributed by atoms with van der Waals surface area (Å²) in [7, 11) is -0.924. The van der Waals surface area contributed by atoms with E-state index in [2.05, 4.69) is 20.0 Å². The van der Waals surface area contributed by atoms with Crippen LogP contribution in [-0.2, 0) is 0 Å². The smallest absolute Gasteiger partial charge is 0.0473 e. The fourth-order valence-corrected chi connectivity index (χ4v) is 7.19. The highest BCUT2D eigenvalue weighted by molar-refractivity contribution is 6.77. The SMILES string of the molecule is CCCCCCCCCCCCCCCCC[Si](C)(C)CCCCCCCCO. The van der Waals surface area contributed by atoms with E-state index in [9.17, 15) is 0 Å². The lowest BCUT2D eigenvalue weighted by Crippen LogP contribution is -2.24. The second kappa shape index (κ2) is 22.9. The zero-order chi connectivity index (χ0) is 21.5. The Bertz CT molecular complexity index is 303. The lowest BCUT2D eigenvalue weighted by molar-refractivity contribution is 0.282. The Hall–Kier alpha value is 0.177. The zero-order valence-electron chi connectivity index (χ0n) is 20.9. The van der Waals surface area contributed by atoms with Crippen molar-refractivity contribution in [2.24, 2.45) is 0 Å². The lowest BCUT2D eigenvalue weighted by Gasteiger charge is -2.22. The van der Waals surface area contributed by atoms with Crippen molar-refractivity contribution in [3.8, 4) is 0 Å². The van der Waals surface area contributed by atoms with Crippen LogP contribution in [0.1, 0.15) is 142 Å². The summed E-state index contributed by atoms with van der Waals surface area (Å²) < 4.78 is 0. The Kier molecular flexibility index (Phi) is 23.0. The number of rotatable bonds is 24. The largest absolute Gasteiger partial charge is 0.396 e. The minimum absolute atomic E-state index is 0.374. The van der Waals surface area contributed by atoms with Crippen LogP contribution in [0.3, 0.4) is 0 Å². The summed E-state index contributed by atoms with van der Waals surface area (Å²) in [5, 5.41) is 8.81. The molecule has 0 aliphatic rings. The molecule has 0 amide bonds. The van der Waals surface area contributed by atoms with Gasteiger partial charge in [-0.2, -0.15) is 0 Å². The van der Waals surface area contributed by atoms with Crippen molar-refractivity contribution in [3.05, 3.63) is 0 Å². The molecule has 0 heterocycles. The molecule has 0 bridgehead atoms. The highest BCUT2D eigenvalue weighted by Gasteiger charge is 2.18. The first-order chi connectivity index (χ1) is 14.1. The summed E-state index contributed by atoms with van der Waals surface area (Å²) in [6.45, 7) is 7.90. The first-order valence-corrected chi connectivity index (χ1v) is 17.1. The Morgan fingerprint density at radius 3 is 1.00 bits per heavy atom. The maximum absolute atomic E-state index is 8.81. The van der Waals surface area contributed by atoms with Gasteiger partial charge in [0.15, 0.2) is 0 Å². The van der Waals surface area contributed by atoms with Gasteiger partial charge in [0, 0.05) is 14.7 Å². The maximum atomic E-state index is 8.81. The van der Waals surface area contributed by atoms with Gasteiger partial charge in [0.05, 0.1) is 0 Å². The lowest BCUT2D eigenvalue weighted by atomic mass is 10.0. The minimum Gasteiger partial charge on any atom is -0.396 e. The van der Waals surface area contributed by atoms with E-state index >= 15 is 0 Å². The summed E-state index contributed by atoms with van der Waals surface area (Å²) in [6.07, 6.45) is 29.8. The molecule has 0 unspecified atom stereocenters. The van der Waals surface area contributed by atoms with Crippen molar-refractivity contribution < 1.29 is 5.11 Å². The molecule has 1 N–H and O–H groups in total. The molecule has 0 aromatic heterocycles. The molecule has 0 spiro atoms. The highest BCUT2D eigenvalue weighted by atomic mass is 28.3. The van der Waals surface area contributed by atoms with Gasteiger partial charge in [-0.25, -0.2) is 0 Å². The maximum Gasteiger partial charge on any atom is 0.0473 e. The normalized spacial score (nSPS) is 12.0. The van der Waals surface area contributed by atoms with Crippen LogP contribution >= 0.6 is 0 Å². The average molecular weight is 427 g/mol. The van der Waals surface area contributed by atoms with E-state index in [0.29, 0.717) is 6.61 Å². The highest BCUT2D eigenvalue weighted by Crippen LogP contribution is 2.23. The third-order valence-electron chi connectivity index (χ3n) is 6.72. The van der Waals surface area contributed by atoms with Gasteiger partial charge in [-0.05, 0) is 6.42 Å². The number of aliphatic hydroxyl groups is 1. The van der Waals surface area contributed by atoms with Crippen LogP contribution in [-0.4, -0.2) is 19.8 Å². The molecule has 29 heavy (non-hydrogen) atoms. The Morgan fingerprint density at radius 1 is 0.414 bits per heavy atom. The van der Waals surface area contributed by atoms with Crippen LogP contribution in [0.25, 0.3) is 0 Å². The first-order valence-electron chi connectivity index (χ1n) is 13.7. The van der Waals surface area contributed by atoms with E-state index in [-0.39, 0.29) is 0 Å². The van der Waals surface area contributed by atoms with E-state index < -0.39 is 8.07 Å². The van der Waals surface area contributed by atoms with E-state index in [4.69, 9.17) is 5.11 Å². The molecule has 0 aromatic rings. The second-order valence-electron chi connectivity index (χ2n) is 10.5.